The van der Waals surface area contributed by atoms with Gasteiger partial charge in [0.05, 0.1) is 38.0 Å². The first kappa shape index (κ1) is 39.4. The van der Waals surface area contributed by atoms with Gasteiger partial charge >= 0.3 is 0 Å². The maximum atomic E-state index is 6.94. The van der Waals surface area contributed by atoms with Crippen LogP contribution < -0.4 is 20.1 Å². The standard InChI is InChI=1S/C22H25N7O.C21H22N6O/c1-4-29-9-5-6-16(29)10-15-7-8-17(19(11-15)30-3)18-12-20(28-27-18)26-22-14-24-21(23-2)13-25-22;1-22-20-12-24-21(13-23-20)25-19-11-17(26-27-19)16-8-7-15(10-18(16)28-2)9-14-5-3-4-6-14/h7-8,11-14,16H,4-6,9-10H2,1,3H3,(H2,25,26,27,28);7-8,10-14H,3-6,9H2,2H3,(H2,24,25,26,27)/t16-;/m1./s1. The summed E-state index contributed by atoms with van der Waals surface area (Å²) in [7, 11) is 3.39. The molecule has 0 bridgehead atoms. The van der Waals surface area contributed by atoms with Gasteiger partial charge in [0.25, 0.3) is 11.6 Å². The highest BCUT2D eigenvalue weighted by Gasteiger charge is 2.24. The second-order valence-electron chi connectivity index (χ2n) is 14.4. The van der Waals surface area contributed by atoms with Gasteiger partial charge in [-0.1, -0.05) is 57.9 Å². The molecule has 296 valence electrons. The van der Waals surface area contributed by atoms with E-state index in [1.54, 1.807) is 14.2 Å². The molecule has 4 N–H and O–H groups in total. The molecule has 0 spiro atoms. The largest absolute Gasteiger partial charge is 0.496 e. The summed E-state index contributed by atoms with van der Waals surface area (Å²) in [5.74, 6) is 5.28. The summed E-state index contributed by atoms with van der Waals surface area (Å²) in [6.07, 6.45) is 16.0. The Bertz CT molecular complexity index is 2350. The number of nitrogens with one attached hydrogen (secondary N) is 4. The summed E-state index contributed by atoms with van der Waals surface area (Å²) < 4.78 is 11.3. The molecule has 58 heavy (non-hydrogen) atoms. The van der Waals surface area contributed by atoms with Crippen LogP contribution in [0.25, 0.3) is 32.2 Å². The summed E-state index contributed by atoms with van der Waals surface area (Å²) in [6, 6.07) is 17.2. The van der Waals surface area contributed by atoms with Crippen molar-refractivity contribution in [3.8, 4) is 34.0 Å². The zero-order chi connectivity index (χ0) is 40.3. The fourth-order valence-electron chi connectivity index (χ4n) is 7.73. The maximum absolute atomic E-state index is 6.94. The molecule has 1 saturated carbocycles. The van der Waals surface area contributed by atoms with Gasteiger partial charge in [0, 0.05) is 29.3 Å². The first-order valence-corrected chi connectivity index (χ1v) is 19.6. The van der Waals surface area contributed by atoms with Crippen molar-refractivity contribution in [3.05, 3.63) is 107 Å². The molecule has 6 aromatic rings. The Morgan fingerprint density at radius 2 is 1.21 bits per heavy atom. The number of rotatable bonds is 13. The quantitative estimate of drug-likeness (QED) is 0.0827. The topological polar surface area (TPSA) is 163 Å². The molecule has 4 aromatic heterocycles. The lowest BCUT2D eigenvalue weighted by Gasteiger charge is -2.23. The number of anilines is 4. The van der Waals surface area contributed by atoms with Gasteiger partial charge in [-0.3, -0.25) is 10.2 Å². The van der Waals surface area contributed by atoms with Crippen molar-refractivity contribution in [1.82, 2.24) is 45.2 Å². The zero-order valence-electron chi connectivity index (χ0n) is 33.0. The number of hydrogen-bond donors (Lipinski definition) is 4. The number of benzene rings is 2. The van der Waals surface area contributed by atoms with E-state index < -0.39 is 0 Å². The van der Waals surface area contributed by atoms with Gasteiger partial charge in [-0.05, 0) is 80.1 Å². The predicted molar refractivity (Wildman–Crippen MR) is 224 cm³/mol. The number of ether oxygens (including phenoxy) is 2. The second kappa shape index (κ2) is 18.9. The number of likely N-dealkylation sites (tertiary alicyclic amines) is 1. The van der Waals surface area contributed by atoms with Gasteiger partial charge in [0.1, 0.15) is 11.5 Å². The van der Waals surface area contributed by atoms with Gasteiger partial charge < -0.3 is 34.7 Å². The summed E-state index contributed by atoms with van der Waals surface area (Å²) in [5, 5.41) is 20.9. The molecule has 2 aliphatic rings. The third-order valence-corrected chi connectivity index (χ3v) is 10.7. The number of likely N-dealkylation sites (N-methyl/N-ethyl adjacent to an activating group) is 1. The van der Waals surface area contributed by atoms with E-state index in [2.05, 4.69) is 109 Å². The maximum Gasteiger partial charge on any atom is 0.288 e. The minimum atomic E-state index is 0.257. The Morgan fingerprint density at radius 1 is 0.672 bits per heavy atom. The molecule has 2 fully saturated rings. The molecule has 8 rings (SSSR count). The lowest BCUT2D eigenvalue weighted by atomic mass is 9.96. The SMILES string of the molecule is [C-]#[N+]c1cnc(Nc2cc(-c3ccc(CC4CCCC4)cc3OC)[nH]n2)cn1.[C-]#[N+]c1cnc(Nc2cc(-c3ccc(C[C@H]4CCCN4CC)cc3OC)[nH]n2)cn1. The Labute approximate surface area is 338 Å². The third kappa shape index (κ3) is 9.75. The number of aromatic amines is 2. The van der Waals surface area contributed by atoms with Crippen LogP contribution in [0.4, 0.5) is 34.9 Å². The van der Waals surface area contributed by atoms with Crippen molar-refractivity contribution in [3.63, 3.8) is 0 Å². The van der Waals surface area contributed by atoms with Crippen LogP contribution in [0.5, 0.6) is 11.5 Å². The van der Waals surface area contributed by atoms with E-state index in [0.29, 0.717) is 29.3 Å². The van der Waals surface area contributed by atoms with E-state index in [-0.39, 0.29) is 11.6 Å². The van der Waals surface area contributed by atoms with E-state index in [9.17, 15) is 0 Å². The Balaban J connectivity index is 0.000000177. The third-order valence-electron chi connectivity index (χ3n) is 10.7. The molecule has 5 heterocycles. The highest BCUT2D eigenvalue weighted by Crippen LogP contribution is 2.35. The monoisotopic (exact) mass is 777 g/mol. The summed E-state index contributed by atoms with van der Waals surface area (Å²) >= 11 is 0. The molecule has 1 atom stereocenters. The Hall–Kier alpha value is -6.84. The van der Waals surface area contributed by atoms with Crippen LogP contribution >= 0.6 is 0 Å². The first-order chi connectivity index (χ1) is 28.4. The molecular formula is C43H47N13O2. The Kier molecular flexibility index (Phi) is 12.8. The van der Waals surface area contributed by atoms with Gasteiger partial charge in [-0.25, -0.2) is 9.97 Å². The van der Waals surface area contributed by atoms with Crippen molar-refractivity contribution in [2.45, 2.75) is 64.3 Å². The zero-order valence-corrected chi connectivity index (χ0v) is 33.0. The number of nitrogens with zero attached hydrogens (tertiary/aromatic N) is 9. The molecule has 15 nitrogen and oxygen atoms in total. The van der Waals surface area contributed by atoms with Crippen molar-refractivity contribution in [2.75, 3.05) is 37.9 Å². The van der Waals surface area contributed by atoms with E-state index in [0.717, 1.165) is 59.3 Å². The molecule has 2 aromatic carbocycles. The van der Waals surface area contributed by atoms with E-state index in [1.165, 1.54) is 81.0 Å². The number of hydrogen-bond acceptors (Lipinski definition) is 11. The Morgan fingerprint density at radius 3 is 1.67 bits per heavy atom. The van der Waals surface area contributed by atoms with Crippen molar-refractivity contribution >= 4 is 34.9 Å². The molecule has 0 unspecified atom stereocenters. The van der Waals surface area contributed by atoms with Crippen LogP contribution in [-0.4, -0.2) is 78.6 Å². The molecule has 15 heteroatoms. The fraction of sp³-hybridized carbons (Fsp3) is 0.349. The average molecular weight is 778 g/mol. The number of H-pyrrole nitrogens is 2. The van der Waals surface area contributed by atoms with Crippen LogP contribution in [0.1, 0.15) is 56.6 Å². The lowest BCUT2D eigenvalue weighted by molar-refractivity contribution is 0.266. The van der Waals surface area contributed by atoms with E-state index in [1.807, 2.05) is 12.1 Å². The fourth-order valence-corrected chi connectivity index (χ4v) is 7.73. The molecule has 1 aliphatic heterocycles. The van der Waals surface area contributed by atoms with Crippen molar-refractivity contribution in [1.29, 1.82) is 0 Å². The molecule has 0 amide bonds. The van der Waals surface area contributed by atoms with Crippen molar-refractivity contribution < 1.29 is 9.47 Å². The van der Waals surface area contributed by atoms with Gasteiger partial charge in [0.2, 0.25) is 0 Å². The van der Waals surface area contributed by atoms with E-state index in [4.69, 9.17) is 22.6 Å². The van der Waals surface area contributed by atoms with Gasteiger partial charge in [0.15, 0.2) is 35.7 Å². The highest BCUT2D eigenvalue weighted by molar-refractivity contribution is 5.72. The molecule has 1 saturated heterocycles. The minimum absolute atomic E-state index is 0.257. The second-order valence-corrected chi connectivity index (χ2v) is 14.4. The van der Waals surface area contributed by atoms with Gasteiger partial charge in [-0.15, -0.1) is 9.97 Å². The number of methoxy groups -OCH3 is 2. The van der Waals surface area contributed by atoms with Gasteiger partial charge in [-0.2, -0.15) is 10.2 Å². The molecule has 1 aliphatic carbocycles. The summed E-state index contributed by atoms with van der Waals surface area (Å²) in [5.41, 5.74) is 6.23. The normalized spacial score (nSPS) is 15.2. The smallest absolute Gasteiger partial charge is 0.288 e. The van der Waals surface area contributed by atoms with Crippen LogP contribution in [0.15, 0.2) is 73.3 Å². The van der Waals surface area contributed by atoms with Crippen LogP contribution in [-0.2, 0) is 12.8 Å². The average Bonchev–Trinajstić information content (AvgIpc) is 4.12. The van der Waals surface area contributed by atoms with E-state index >= 15 is 0 Å². The summed E-state index contributed by atoms with van der Waals surface area (Å²) in [4.78, 5) is 25.4. The van der Waals surface area contributed by atoms with Crippen LogP contribution in [0.3, 0.4) is 0 Å². The lowest BCUT2D eigenvalue weighted by Crippen LogP contribution is -2.30. The number of aromatic nitrogens is 8. The van der Waals surface area contributed by atoms with Crippen LogP contribution in [0, 0.1) is 19.1 Å². The first-order valence-electron chi connectivity index (χ1n) is 19.6. The highest BCUT2D eigenvalue weighted by atomic mass is 16.5. The van der Waals surface area contributed by atoms with Crippen LogP contribution in [0.2, 0.25) is 0 Å². The predicted octanol–water partition coefficient (Wildman–Crippen LogP) is 9.10. The van der Waals surface area contributed by atoms with Crippen molar-refractivity contribution in [2.24, 2.45) is 5.92 Å². The molecule has 0 radical (unpaired) electrons. The summed E-state index contributed by atoms with van der Waals surface area (Å²) in [6.45, 7) is 18.4. The minimum Gasteiger partial charge on any atom is -0.496 e. The molecular weight excluding hydrogens is 731 g/mol.